The number of nitrogens with one attached hydrogen (secondary N) is 1. The van der Waals surface area contributed by atoms with E-state index >= 15 is 0 Å². The Balaban J connectivity index is 3.61. The molecule has 0 rings (SSSR count). The first kappa shape index (κ1) is 16.4. The van der Waals surface area contributed by atoms with Gasteiger partial charge < -0.3 is 21.1 Å². The fourth-order valence-corrected chi connectivity index (χ4v) is 1.59. The number of carbonyl (C=O) groups is 1. The first-order chi connectivity index (χ1) is 7.87. The van der Waals surface area contributed by atoms with Crippen LogP contribution >= 0.6 is 0 Å². The van der Waals surface area contributed by atoms with Gasteiger partial charge in [0.2, 0.25) is 5.91 Å². The average Bonchev–Trinajstić information content (AvgIpc) is 2.23. The minimum Gasteiger partial charge on any atom is -0.427 e. The Morgan fingerprint density at radius 3 is 2.53 bits per heavy atom. The maximum Gasteiger partial charge on any atom is 0.451 e. The summed E-state index contributed by atoms with van der Waals surface area (Å²) in [4.78, 5) is 11.0. The molecule has 0 heterocycles. The lowest BCUT2D eigenvalue weighted by atomic mass is 9.82. The lowest BCUT2D eigenvalue weighted by Crippen LogP contribution is -2.40. The summed E-state index contributed by atoms with van der Waals surface area (Å²) in [5.74, 6) is 0.0456. The number of nitrogens with two attached hydrogens (primary N) is 1. The molecular weight excluding hydrogens is 219 g/mol. The number of hydrogen-bond donors (Lipinski definition) is 4. The van der Waals surface area contributed by atoms with E-state index in [4.69, 9.17) is 15.8 Å². The van der Waals surface area contributed by atoms with Crippen molar-refractivity contribution in [2.24, 2.45) is 5.73 Å². The highest BCUT2D eigenvalue weighted by molar-refractivity contribution is 6.40. The summed E-state index contributed by atoms with van der Waals surface area (Å²) < 4.78 is 0. The standard InChI is InChI=1S/C11H25BN2O3/c1-3-10(15)14-9-7-11(2,13)6-4-5-8-12(16)17/h16-17H,3-9,13H2,1-2H3,(H,14,15). The van der Waals surface area contributed by atoms with Crippen molar-refractivity contribution in [1.29, 1.82) is 0 Å². The Bertz CT molecular complexity index is 223. The summed E-state index contributed by atoms with van der Waals surface area (Å²) in [5.41, 5.74) is 5.78. The summed E-state index contributed by atoms with van der Waals surface area (Å²) in [5, 5.41) is 20.2. The van der Waals surface area contributed by atoms with Crippen LogP contribution in [0.25, 0.3) is 0 Å². The second kappa shape index (κ2) is 8.50. The Hall–Kier alpha value is -0.585. The third kappa shape index (κ3) is 10.3. The fourth-order valence-electron chi connectivity index (χ4n) is 1.59. The molecule has 0 spiro atoms. The van der Waals surface area contributed by atoms with Gasteiger partial charge in [0.05, 0.1) is 0 Å². The van der Waals surface area contributed by atoms with Crippen LogP contribution in [0.4, 0.5) is 0 Å². The third-order valence-corrected chi connectivity index (χ3v) is 2.80. The van der Waals surface area contributed by atoms with Gasteiger partial charge in [0, 0.05) is 18.5 Å². The van der Waals surface area contributed by atoms with Gasteiger partial charge in [-0.25, -0.2) is 0 Å². The van der Waals surface area contributed by atoms with E-state index < -0.39 is 7.12 Å². The molecule has 0 aliphatic heterocycles. The van der Waals surface area contributed by atoms with Crippen LogP contribution in [0.3, 0.4) is 0 Å². The van der Waals surface area contributed by atoms with Crippen LogP contribution in [0.1, 0.15) is 46.0 Å². The van der Waals surface area contributed by atoms with Crippen molar-refractivity contribution in [2.45, 2.75) is 57.8 Å². The minimum atomic E-state index is -1.22. The van der Waals surface area contributed by atoms with Crippen LogP contribution < -0.4 is 11.1 Å². The lowest BCUT2D eigenvalue weighted by molar-refractivity contribution is -0.120. The molecule has 0 radical (unpaired) electrons. The highest BCUT2D eigenvalue weighted by atomic mass is 16.4. The summed E-state index contributed by atoms with van der Waals surface area (Å²) >= 11 is 0. The van der Waals surface area contributed by atoms with E-state index in [1.165, 1.54) is 0 Å². The Labute approximate surface area is 104 Å². The second-order valence-electron chi connectivity index (χ2n) is 4.83. The molecule has 0 saturated heterocycles. The second-order valence-corrected chi connectivity index (χ2v) is 4.83. The molecule has 5 N–H and O–H groups in total. The van der Waals surface area contributed by atoms with E-state index in [2.05, 4.69) is 5.32 Å². The van der Waals surface area contributed by atoms with Crippen molar-refractivity contribution in [3.8, 4) is 0 Å². The number of hydrogen-bond acceptors (Lipinski definition) is 4. The molecule has 0 aliphatic rings. The molecular formula is C11H25BN2O3. The quantitative estimate of drug-likeness (QED) is 0.345. The number of amides is 1. The van der Waals surface area contributed by atoms with Crippen molar-refractivity contribution in [3.63, 3.8) is 0 Å². The maximum absolute atomic E-state index is 11.0. The zero-order valence-electron chi connectivity index (χ0n) is 10.9. The van der Waals surface area contributed by atoms with Gasteiger partial charge in [0.1, 0.15) is 0 Å². The van der Waals surface area contributed by atoms with E-state index in [0.29, 0.717) is 19.3 Å². The molecule has 1 unspecified atom stereocenters. The molecule has 0 aliphatic carbocycles. The molecule has 0 aromatic rings. The molecule has 0 saturated carbocycles. The van der Waals surface area contributed by atoms with Crippen LogP contribution in [-0.4, -0.2) is 35.2 Å². The van der Waals surface area contributed by atoms with Gasteiger partial charge in [0.25, 0.3) is 0 Å². The molecule has 17 heavy (non-hydrogen) atoms. The zero-order valence-corrected chi connectivity index (χ0v) is 10.9. The molecule has 0 bridgehead atoms. The number of unbranched alkanes of at least 4 members (excludes halogenated alkanes) is 1. The zero-order chi connectivity index (χ0) is 13.3. The molecule has 0 fully saturated rings. The van der Waals surface area contributed by atoms with Gasteiger partial charge in [-0.1, -0.05) is 19.8 Å². The van der Waals surface area contributed by atoms with E-state index in [9.17, 15) is 4.79 Å². The largest absolute Gasteiger partial charge is 0.451 e. The van der Waals surface area contributed by atoms with E-state index in [1.54, 1.807) is 0 Å². The first-order valence-electron chi connectivity index (χ1n) is 6.29. The van der Waals surface area contributed by atoms with Gasteiger partial charge in [0.15, 0.2) is 0 Å². The van der Waals surface area contributed by atoms with Gasteiger partial charge in [-0.15, -0.1) is 0 Å². The normalized spacial score (nSPS) is 14.2. The van der Waals surface area contributed by atoms with Crippen LogP contribution in [0.5, 0.6) is 0 Å². The summed E-state index contributed by atoms with van der Waals surface area (Å²) in [6.45, 7) is 4.37. The van der Waals surface area contributed by atoms with Gasteiger partial charge in [-0.3, -0.25) is 4.79 Å². The van der Waals surface area contributed by atoms with Gasteiger partial charge in [-0.05, 0) is 26.1 Å². The highest BCUT2D eigenvalue weighted by Gasteiger charge is 2.18. The van der Waals surface area contributed by atoms with Crippen molar-refractivity contribution in [1.82, 2.24) is 5.32 Å². The van der Waals surface area contributed by atoms with Gasteiger partial charge >= 0.3 is 7.12 Å². The Morgan fingerprint density at radius 1 is 1.35 bits per heavy atom. The predicted octanol–water partition coefficient (Wildman–Crippen LogP) is 0.263. The van der Waals surface area contributed by atoms with Crippen LogP contribution in [0.15, 0.2) is 0 Å². The smallest absolute Gasteiger partial charge is 0.427 e. The summed E-state index contributed by atoms with van der Waals surface area (Å²) in [7, 11) is -1.22. The van der Waals surface area contributed by atoms with Crippen LogP contribution in [0.2, 0.25) is 6.32 Å². The van der Waals surface area contributed by atoms with E-state index in [-0.39, 0.29) is 11.4 Å². The molecule has 5 nitrogen and oxygen atoms in total. The van der Waals surface area contributed by atoms with Gasteiger partial charge in [-0.2, -0.15) is 0 Å². The maximum atomic E-state index is 11.0. The molecule has 6 heteroatoms. The van der Waals surface area contributed by atoms with E-state index in [1.807, 2.05) is 13.8 Å². The molecule has 100 valence electrons. The molecule has 0 aromatic carbocycles. The SMILES string of the molecule is CCC(=O)NCCC(C)(N)CCCCB(O)O. The number of rotatable bonds is 9. The Kier molecular flexibility index (Phi) is 8.21. The minimum absolute atomic E-state index is 0.0456. The first-order valence-corrected chi connectivity index (χ1v) is 6.29. The topological polar surface area (TPSA) is 95.6 Å². The third-order valence-electron chi connectivity index (χ3n) is 2.80. The lowest BCUT2D eigenvalue weighted by Gasteiger charge is -2.24. The monoisotopic (exact) mass is 244 g/mol. The predicted molar refractivity (Wildman–Crippen MR) is 69.4 cm³/mol. The van der Waals surface area contributed by atoms with E-state index in [0.717, 1.165) is 25.7 Å². The highest BCUT2D eigenvalue weighted by Crippen LogP contribution is 2.15. The van der Waals surface area contributed by atoms with Crippen molar-refractivity contribution in [3.05, 3.63) is 0 Å². The molecule has 0 aromatic heterocycles. The Morgan fingerprint density at radius 2 is 2.00 bits per heavy atom. The van der Waals surface area contributed by atoms with Crippen LogP contribution in [0, 0.1) is 0 Å². The average molecular weight is 244 g/mol. The van der Waals surface area contributed by atoms with Crippen molar-refractivity contribution >= 4 is 13.0 Å². The molecule has 1 atom stereocenters. The summed E-state index contributed by atoms with van der Waals surface area (Å²) in [6.07, 6.45) is 4.07. The number of carbonyl (C=O) groups excluding carboxylic acids is 1. The van der Waals surface area contributed by atoms with Crippen LogP contribution in [-0.2, 0) is 4.79 Å². The fraction of sp³-hybridized carbons (Fsp3) is 0.909. The summed E-state index contributed by atoms with van der Waals surface area (Å²) in [6, 6.07) is 0. The molecule has 1 amide bonds. The van der Waals surface area contributed by atoms with Crippen molar-refractivity contribution < 1.29 is 14.8 Å². The van der Waals surface area contributed by atoms with Crippen molar-refractivity contribution in [2.75, 3.05) is 6.54 Å².